The van der Waals surface area contributed by atoms with E-state index >= 15 is 0 Å². The van der Waals surface area contributed by atoms with Crippen molar-refractivity contribution in [2.24, 2.45) is 0 Å². The molecule has 0 aliphatic heterocycles. The molecule has 0 aliphatic rings. The smallest absolute Gasteiger partial charge is 0.306 e. The maximum atomic E-state index is 12.9. The predicted octanol–water partition coefficient (Wildman–Crippen LogP) is 22.5. The van der Waals surface area contributed by atoms with Crippen LogP contribution in [-0.4, -0.2) is 37.2 Å². The average Bonchev–Trinajstić information content (AvgIpc) is 3.42. The molecule has 0 amide bonds. The summed E-state index contributed by atoms with van der Waals surface area (Å²) in [6, 6.07) is 0. The molecule has 1 atom stereocenters. The number of hydrogen-bond donors (Lipinski definition) is 0. The Bertz CT molecular complexity index is 1400. The first-order valence-electron chi connectivity index (χ1n) is 32.9. The summed E-state index contributed by atoms with van der Waals surface area (Å²) in [5, 5.41) is 0. The first-order valence-corrected chi connectivity index (χ1v) is 32.9. The minimum Gasteiger partial charge on any atom is -0.462 e. The van der Waals surface area contributed by atoms with Crippen molar-refractivity contribution >= 4 is 17.9 Å². The lowest BCUT2D eigenvalue weighted by atomic mass is 10.0. The van der Waals surface area contributed by atoms with E-state index in [1.54, 1.807) is 0 Å². The third-order valence-corrected chi connectivity index (χ3v) is 14.4. The monoisotopic (exact) mass is 1060 g/mol. The SMILES string of the molecule is CCCCCCC/C=C\C/C=C\C/C=C\CCCCCCCCC(=O)OC(COC(=O)CCCCCCC/C=C\CCCCCCC)COC(=O)CCCCCCCCCCCCC/C=C\C/C=C\CCCCCCC. The highest BCUT2D eigenvalue weighted by molar-refractivity contribution is 5.71. The van der Waals surface area contributed by atoms with Crippen molar-refractivity contribution in [2.45, 2.75) is 341 Å². The lowest BCUT2D eigenvalue weighted by Crippen LogP contribution is -2.30. The summed E-state index contributed by atoms with van der Waals surface area (Å²) in [4.78, 5) is 38.3. The standard InChI is InChI=1S/C70H124O6/c1-4-7-10-13-16-19-22-25-28-30-32-34-35-37-38-40-42-45-48-51-54-57-60-63-69(72)75-66-67(65-74-68(71)62-59-56-53-50-47-44-27-24-21-18-15-12-9-6-3)76-70(73)64-61-58-55-52-49-46-43-41-39-36-33-31-29-26-23-20-17-14-11-8-5-2/h22-27,30-33,39,41,67H,4-21,28-29,34-38,40,42-66H2,1-3H3/b25-22-,26-23-,27-24-,32-30-,33-31-,41-39-. The van der Waals surface area contributed by atoms with Crippen LogP contribution in [0.1, 0.15) is 335 Å². The second-order valence-electron chi connectivity index (χ2n) is 22.0. The molecular formula is C70H124O6. The zero-order valence-electron chi connectivity index (χ0n) is 50.5. The first-order chi connectivity index (χ1) is 37.5. The van der Waals surface area contributed by atoms with E-state index in [1.165, 1.54) is 199 Å². The molecule has 1 unspecified atom stereocenters. The van der Waals surface area contributed by atoms with Gasteiger partial charge in [-0.25, -0.2) is 0 Å². The van der Waals surface area contributed by atoms with Gasteiger partial charge in [0, 0.05) is 19.3 Å². The molecule has 76 heavy (non-hydrogen) atoms. The van der Waals surface area contributed by atoms with Gasteiger partial charge in [-0.05, 0) is 116 Å². The molecule has 0 aromatic rings. The normalized spacial score (nSPS) is 12.5. The van der Waals surface area contributed by atoms with Crippen molar-refractivity contribution in [1.29, 1.82) is 0 Å². The highest BCUT2D eigenvalue weighted by Crippen LogP contribution is 2.16. The Kier molecular flexibility index (Phi) is 61.7. The average molecular weight is 1060 g/mol. The quantitative estimate of drug-likeness (QED) is 0.0261. The van der Waals surface area contributed by atoms with Gasteiger partial charge in [-0.15, -0.1) is 0 Å². The van der Waals surface area contributed by atoms with Gasteiger partial charge in [0.15, 0.2) is 6.10 Å². The summed E-state index contributed by atoms with van der Waals surface area (Å²) in [7, 11) is 0. The lowest BCUT2D eigenvalue weighted by Gasteiger charge is -2.18. The van der Waals surface area contributed by atoms with Crippen LogP contribution in [0.2, 0.25) is 0 Å². The van der Waals surface area contributed by atoms with Gasteiger partial charge < -0.3 is 14.2 Å². The molecule has 0 saturated carbocycles. The summed E-state index contributed by atoms with van der Waals surface area (Å²) in [5.74, 6) is -0.892. The van der Waals surface area contributed by atoms with E-state index in [1.807, 2.05) is 0 Å². The zero-order valence-corrected chi connectivity index (χ0v) is 50.5. The van der Waals surface area contributed by atoms with E-state index in [4.69, 9.17) is 14.2 Å². The summed E-state index contributed by atoms with van der Waals surface area (Å²) in [6.07, 6.45) is 83.3. The molecular weight excluding hydrogens is 937 g/mol. The molecule has 0 spiro atoms. The number of carbonyl (C=O) groups is 3. The van der Waals surface area contributed by atoms with Crippen LogP contribution in [-0.2, 0) is 28.6 Å². The Morgan fingerprint density at radius 3 is 0.750 bits per heavy atom. The van der Waals surface area contributed by atoms with Gasteiger partial charge in [-0.3, -0.25) is 14.4 Å². The van der Waals surface area contributed by atoms with Crippen LogP contribution in [0, 0.1) is 0 Å². The van der Waals surface area contributed by atoms with Crippen LogP contribution >= 0.6 is 0 Å². The first kappa shape index (κ1) is 72.8. The summed E-state index contributed by atoms with van der Waals surface area (Å²) < 4.78 is 16.9. The minimum absolute atomic E-state index is 0.0831. The van der Waals surface area contributed by atoms with E-state index in [0.29, 0.717) is 19.3 Å². The van der Waals surface area contributed by atoms with Crippen molar-refractivity contribution in [3.63, 3.8) is 0 Å². The van der Waals surface area contributed by atoms with Crippen molar-refractivity contribution in [2.75, 3.05) is 13.2 Å². The molecule has 0 aromatic carbocycles. The molecule has 0 bridgehead atoms. The summed E-state index contributed by atoms with van der Waals surface area (Å²) >= 11 is 0. The van der Waals surface area contributed by atoms with Gasteiger partial charge >= 0.3 is 17.9 Å². The van der Waals surface area contributed by atoms with E-state index in [0.717, 1.165) is 96.3 Å². The van der Waals surface area contributed by atoms with Crippen LogP contribution in [0.3, 0.4) is 0 Å². The number of carbonyl (C=O) groups excluding carboxylic acids is 3. The van der Waals surface area contributed by atoms with E-state index in [9.17, 15) is 14.4 Å². The second kappa shape index (κ2) is 64.4. The summed E-state index contributed by atoms with van der Waals surface area (Å²) in [5.41, 5.74) is 0. The van der Waals surface area contributed by atoms with Gasteiger partial charge in [0.05, 0.1) is 0 Å². The number of esters is 3. The third kappa shape index (κ3) is 61.7. The van der Waals surface area contributed by atoms with Crippen molar-refractivity contribution < 1.29 is 28.6 Å². The fourth-order valence-corrected chi connectivity index (χ4v) is 9.42. The molecule has 0 aliphatic carbocycles. The lowest BCUT2D eigenvalue weighted by molar-refractivity contribution is -0.167. The van der Waals surface area contributed by atoms with Gasteiger partial charge in [-0.2, -0.15) is 0 Å². The maximum absolute atomic E-state index is 12.9. The highest BCUT2D eigenvalue weighted by Gasteiger charge is 2.19. The number of rotatable bonds is 60. The Morgan fingerprint density at radius 2 is 0.474 bits per heavy atom. The predicted molar refractivity (Wildman–Crippen MR) is 330 cm³/mol. The van der Waals surface area contributed by atoms with Crippen LogP contribution in [0.4, 0.5) is 0 Å². The van der Waals surface area contributed by atoms with Crippen molar-refractivity contribution in [3.8, 4) is 0 Å². The molecule has 0 radical (unpaired) electrons. The third-order valence-electron chi connectivity index (χ3n) is 14.4. The molecule has 0 N–H and O–H groups in total. The van der Waals surface area contributed by atoms with Gasteiger partial charge in [0.1, 0.15) is 13.2 Å². The second-order valence-corrected chi connectivity index (χ2v) is 22.0. The fourth-order valence-electron chi connectivity index (χ4n) is 9.42. The van der Waals surface area contributed by atoms with E-state index < -0.39 is 6.10 Å². The molecule has 0 rings (SSSR count). The number of hydrogen-bond acceptors (Lipinski definition) is 6. The van der Waals surface area contributed by atoms with Gasteiger partial charge in [-0.1, -0.05) is 273 Å². The van der Waals surface area contributed by atoms with Crippen LogP contribution in [0.5, 0.6) is 0 Å². The Hall–Kier alpha value is -3.15. The summed E-state index contributed by atoms with van der Waals surface area (Å²) in [6.45, 7) is 6.63. The highest BCUT2D eigenvalue weighted by atomic mass is 16.6. The zero-order chi connectivity index (χ0) is 55.0. The van der Waals surface area contributed by atoms with E-state index in [2.05, 4.69) is 93.7 Å². The maximum Gasteiger partial charge on any atom is 0.306 e. The molecule has 0 aromatic heterocycles. The number of unbranched alkanes of at least 4 members (excludes halogenated alkanes) is 37. The van der Waals surface area contributed by atoms with E-state index in [-0.39, 0.29) is 31.1 Å². The number of ether oxygens (including phenoxy) is 3. The molecule has 0 fully saturated rings. The fraction of sp³-hybridized carbons (Fsp3) is 0.786. The van der Waals surface area contributed by atoms with Gasteiger partial charge in [0.25, 0.3) is 0 Å². The van der Waals surface area contributed by atoms with Crippen LogP contribution in [0.15, 0.2) is 72.9 Å². The molecule has 6 heteroatoms. The van der Waals surface area contributed by atoms with Crippen LogP contribution < -0.4 is 0 Å². The Labute approximate surface area is 472 Å². The van der Waals surface area contributed by atoms with Crippen LogP contribution in [0.25, 0.3) is 0 Å². The minimum atomic E-state index is -0.788. The largest absolute Gasteiger partial charge is 0.462 e. The molecule has 0 saturated heterocycles. The molecule has 0 heterocycles. The van der Waals surface area contributed by atoms with Crippen molar-refractivity contribution in [3.05, 3.63) is 72.9 Å². The Morgan fingerprint density at radius 1 is 0.263 bits per heavy atom. The van der Waals surface area contributed by atoms with Gasteiger partial charge in [0.2, 0.25) is 0 Å². The Balaban J connectivity index is 4.36. The molecule has 440 valence electrons. The van der Waals surface area contributed by atoms with Crippen molar-refractivity contribution in [1.82, 2.24) is 0 Å². The topological polar surface area (TPSA) is 78.9 Å². The number of allylic oxidation sites excluding steroid dienone is 12. The molecule has 6 nitrogen and oxygen atoms in total.